The summed E-state index contributed by atoms with van der Waals surface area (Å²) >= 11 is 0. The first-order valence-electron chi connectivity index (χ1n) is 21.1. The van der Waals surface area contributed by atoms with Crippen molar-refractivity contribution >= 4 is 7.60 Å². The van der Waals surface area contributed by atoms with Crippen LogP contribution in [0.1, 0.15) is 225 Å². The van der Waals surface area contributed by atoms with Gasteiger partial charge in [-0.25, -0.2) is 0 Å². The zero-order valence-electron chi connectivity index (χ0n) is 31.8. The first-order chi connectivity index (χ1) is 23.2. The van der Waals surface area contributed by atoms with Crippen LogP contribution in [0.5, 0.6) is 0 Å². The lowest BCUT2D eigenvalue weighted by atomic mass is 10.0. The summed E-state index contributed by atoms with van der Waals surface area (Å²) in [7, 11) is -3.06. The third kappa shape index (κ3) is 31.1. The number of benzene rings is 1. The molecule has 4 heteroatoms. The van der Waals surface area contributed by atoms with Crippen molar-refractivity contribution in [1.29, 1.82) is 0 Å². The molecule has 0 aromatic heterocycles. The fraction of sp³-hybridized carbons (Fsp3) is 0.860. The van der Waals surface area contributed by atoms with Gasteiger partial charge in [0.05, 0.1) is 19.4 Å². The molecular weight excluding hydrogens is 595 g/mol. The molecule has 0 aliphatic heterocycles. The molecule has 47 heavy (non-hydrogen) atoms. The molecule has 0 heterocycles. The standard InChI is InChI=1S/C43H81O3P/c1-3-5-7-9-11-13-15-17-19-21-23-25-27-29-31-36-40-45-47(44,46-42-43-38-34-33-35-39-43)41-37-32-30-28-26-24-22-20-18-16-14-12-10-8-6-4-2/h33-35,38-39H,3-32,36-37,40-42H2,1-2H3. The average molecular weight is 677 g/mol. The van der Waals surface area contributed by atoms with E-state index in [0.29, 0.717) is 19.4 Å². The van der Waals surface area contributed by atoms with E-state index in [2.05, 4.69) is 13.8 Å². The molecule has 0 radical (unpaired) electrons. The molecule has 1 aromatic carbocycles. The van der Waals surface area contributed by atoms with E-state index in [9.17, 15) is 4.57 Å². The third-order valence-corrected chi connectivity index (χ3v) is 11.8. The van der Waals surface area contributed by atoms with E-state index in [0.717, 1.165) is 31.2 Å². The lowest BCUT2D eigenvalue weighted by Gasteiger charge is -2.19. The molecule has 0 spiro atoms. The van der Waals surface area contributed by atoms with Gasteiger partial charge in [-0.1, -0.05) is 237 Å². The molecule has 0 aliphatic rings. The SMILES string of the molecule is CCCCCCCCCCCCCCCCCCOP(=O)(CCCCCCCCCCCCCCCCCC)OCc1ccccc1. The summed E-state index contributed by atoms with van der Waals surface area (Å²) in [5.74, 6) is 0. The van der Waals surface area contributed by atoms with Crippen LogP contribution in [0.4, 0.5) is 0 Å². The fourth-order valence-electron chi connectivity index (χ4n) is 6.62. The summed E-state index contributed by atoms with van der Waals surface area (Å²) < 4.78 is 25.7. The molecule has 0 aliphatic carbocycles. The van der Waals surface area contributed by atoms with E-state index < -0.39 is 7.60 Å². The van der Waals surface area contributed by atoms with Crippen molar-refractivity contribution in [3.8, 4) is 0 Å². The Morgan fingerprint density at radius 3 is 1.09 bits per heavy atom. The minimum atomic E-state index is -3.06. The van der Waals surface area contributed by atoms with Crippen LogP contribution >= 0.6 is 7.60 Å². The molecule has 3 nitrogen and oxygen atoms in total. The Hall–Kier alpha value is -0.630. The Morgan fingerprint density at radius 1 is 0.404 bits per heavy atom. The van der Waals surface area contributed by atoms with Gasteiger partial charge in [0.2, 0.25) is 0 Å². The van der Waals surface area contributed by atoms with Gasteiger partial charge in [0, 0.05) is 0 Å². The molecule has 0 amide bonds. The maximum atomic E-state index is 13.7. The summed E-state index contributed by atoms with van der Waals surface area (Å²) in [4.78, 5) is 0. The first kappa shape index (κ1) is 44.4. The summed E-state index contributed by atoms with van der Waals surface area (Å²) in [5, 5.41) is 0. The van der Waals surface area contributed by atoms with Gasteiger partial charge in [0.15, 0.2) is 0 Å². The normalized spacial score (nSPS) is 12.9. The maximum absolute atomic E-state index is 13.7. The molecule has 0 saturated carbocycles. The number of rotatable bonds is 38. The largest absolute Gasteiger partial charge is 0.330 e. The van der Waals surface area contributed by atoms with E-state index in [1.807, 2.05) is 30.3 Å². The van der Waals surface area contributed by atoms with Crippen LogP contribution in [0.15, 0.2) is 30.3 Å². The average Bonchev–Trinajstić information content (AvgIpc) is 3.09. The van der Waals surface area contributed by atoms with Gasteiger partial charge in [0.1, 0.15) is 0 Å². The molecule has 0 fully saturated rings. The minimum Gasteiger partial charge on any atom is -0.309 e. The Bertz CT molecular complexity index is 782. The highest BCUT2D eigenvalue weighted by Gasteiger charge is 2.24. The van der Waals surface area contributed by atoms with E-state index in [4.69, 9.17) is 9.05 Å². The van der Waals surface area contributed by atoms with E-state index in [-0.39, 0.29) is 0 Å². The van der Waals surface area contributed by atoms with E-state index in [1.54, 1.807) is 0 Å². The number of hydrogen-bond acceptors (Lipinski definition) is 3. The third-order valence-electron chi connectivity index (χ3n) is 9.84. The predicted molar refractivity (Wildman–Crippen MR) is 209 cm³/mol. The molecule has 1 rings (SSSR count). The van der Waals surface area contributed by atoms with E-state index in [1.165, 1.54) is 180 Å². The summed E-state index contributed by atoms with van der Waals surface area (Å²) in [6, 6.07) is 10.1. The zero-order valence-corrected chi connectivity index (χ0v) is 32.7. The second-order valence-corrected chi connectivity index (χ2v) is 16.7. The second-order valence-electron chi connectivity index (χ2n) is 14.5. The van der Waals surface area contributed by atoms with Crippen LogP contribution in [-0.4, -0.2) is 12.8 Å². The zero-order chi connectivity index (χ0) is 33.8. The minimum absolute atomic E-state index is 0.371. The van der Waals surface area contributed by atoms with Crippen molar-refractivity contribution in [2.24, 2.45) is 0 Å². The van der Waals surface area contributed by atoms with Crippen molar-refractivity contribution < 1.29 is 13.6 Å². The smallest absolute Gasteiger partial charge is 0.309 e. The Morgan fingerprint density at radius 2 is 0.723 bits per heavy atom. The van der Waals surface area contributed by atoms with Gasteiger partial charge in [-0.2, -0.15) is 0 Å². The lowest BCUT2D eigenvalue weighted by Crippen LogP contribution is -2.03. The monoisotopic (exact) mass is 677 g/mol. The Balaban J connectivity index is 2.07. The Labute approximate surface area is 295 Å². The molecule has 0 N–H and O–H groups in total. The quantitative estimate of drug-likeness (QED) is 0.0516. The summed E-state index contributed by atoms with van der Waals surface area (Å²) in [5.41, 5.74) is 1.06. The second kappa shape index (κ2) is 35.2. The summed E-state index contributed by atoms with van der Waals surface area (Å²) in [6.07, 6.45) is 43.7. The summed E-state index contributed by atoms with van der Waals surface area (Å²) in [6.45, 7) is 5.51. The van der Waals surface area contributed by atoms with Crippen molar-refractivity contribution in [2.75, 3.05) is 12.8 Å². The maximum Gasteiger partial charge on any atom is 0.330 e. The highest BCUT2D eigenvalue weighted by molar-refractivity contribution is 7.53. The van der Waals surface area contributed by atoms with Gasteiger partial charge >= 0.3 is 7.60 Å². The lowest BCUT2D eigenvalue weighted by molar-refractivity contribution is 0.194. The van der Waals surface area contributed by atoms with Crippen molar-refractivity contribution in [1.82, 2.24) is 0 Å². The molecule has 0 saturated heterocycles. The van der Waals surface area contributed by atoms with Crippen molar-refractivity contribution in [3.05, 3.63) is 35.9 Å². The molecule has 1 atom stereocenters. The van der Waals surface area contributed by atoms with Crippen LogP contribution in [0.2, 0.25) is 0 Å². The molecule has 1 aromatic rings. The van der Waals surface area contributed by atoms with Crippen LogP contribution in [0, 0.1) is 0 Å². The Kier molecular flexibility index (Phi) is 33.3. The predicted octanol–water partition coefficient (Wildman–Crippen LogP) is 15.9. The van der Waals surface area contributed by atoms with E-state index >= 15 is 0 Å². The van der Waals surface area contributed by atoms with Gasteiger partial charge in [-0.3, -0.25) is 4.57 Å². The van der Waals surface area contributed by atoms with Gasteiger partial charge in [-0.15, -0.1) is 0 Å². The number of unbranched alkanes of at least 4 members (excludes halogenated alkanes) is 30. The first-order valence-corrected chi connectivity index (χ1v) is 22.8. The highest BCUT2D eigenvalue weighted by atomic mass is 31.2. The molecule has 1 unspecified atom stereocenters. The van der Waals surface area contributed by atoms with Gasteiger partial charge in [0.25, 0.3) is 0 Å². The van der Waals surface area contributed by atoms with Crippen molar-refractivity contribution in [3.63, 3.8) is 0 Å². The molecule has 0 bridgehead atoms. The number of hydrogen-bond donors (Lipinski definition) is 0. The van der Waals surface area contributed by atoms with Crippen LogP contribution in [0.3, 0.4) is 0 Å². The highest BCUT2D eigenvalue weighted by Crippen LogP contribution is 2.50. The van der Waals surface area contributed by atoms with Gasteiger partial charge < -0.3 is 9.05 Å². The van der Waals surface area contributed by atoms with Crippen LogP contribution in [-0.2, 0) is 20.2 Å². The molecule has 276 valence electrons. The van der Waals surface area contributed by atoms with Crippen molar-refractivity contribution in [2.45, 2.75) is 226 Å². The van der Waals surface area contributed by atoms with Crippen LogP contribution < -0.4 is 0 Å². The van der Waals surface area contributed by atoms with Gasteiger partial charge in [-0.05, 0) is 18.4 Å². The fourth-order valence-corrected chi connectivity index (χ4v) is 8.32. The molecular formula is C43H81O3P. The topological polar surface area (TPSA) is 35.5 Å². The van der Waals surface area contributed by atoms with Crippen LogP contribution in [0.25, 0.3) is 0 Å².